The molecule has 2 aromatic rings. The van der Waals surface area contributed by atoms with E-state index < -0.39 is 40.7 Å². The molecule has 3 rings (SSSR count). The van der Waals surface area contributed by atoms with Gasteiger partial charge in [-0.1, -0.05) is 30.2 Å². The van der Waals surface area contributed by atoms with E-state index >= 15 is 0 Å². The van der Waals surface area contributed by atoms with Crippen LogP contribution in [0.3, 0.4) is 0 Å². The molecule has 25 heavy (non-hydrogen) atoms. The zero-order valence-corrected chi connectivity index (χ0v) is 13.9. The maximum Gasteiger partial charge on any atom is 0.200 e. The Labute approximate surface area is 147 Å². The zero-order valence-electron chi connectivity index (χ0n) is 13.1. The summed E-state index contributed by atoms with van der Waals surface area (Å²) in [7, 11) is 0. The highest BCUT2D eigenvalue weighted by Gasteiger charge is 2.34. The smallest absolute Gasteiger partial charge is 0.200 e. The van der Waals surface area contributed by atoms with E-state index in [1.165, 1.54) is 12.1 Å². The van der Waals surface area contributed by atoms with Gasteiger partial charge >= 0.3 is 0 Å². The van der Waals surface area contributed by atoms with Gasteiger partial charge in [0.1, 0.15) is 0 Å². The first-order chi connectivity index (χ1) is 11.9. The van der Waals surface area contributed by atoms with Gasteiger partial charge in [0.25, 0.3) is 0 Å². The SMILES string of the molecule is Fc1c(F)c(F)c(C(c2ccc(Cl)cc2)N2CCCCC2)c(F)c1F. The number of nitrogens with zero attached hydrogens (tertiary/aromatic N) is 1. The third-order valence-electron chi connectivity index (χ3n) is 4.46. The Hall–Kier alpha value is -1.66. The molecule has 0 saturated carbocycles. The van der Waals surface area contributed by atoms with Crippen LogP contribution < -0.4 is 0 Å². The van der Waals surface area contributed by atoms with Crippen molar-refractivity contribution >= 4 is 11.6 Å². The van der Waals surface area contributed by atoms with E-state index in [2.05, 4.69) is 0 Å². The predicted molar refractivity (Wildman–Crippen MR) is 85.0 cm³/mol. The molecule has 0 aromatic heterocycles. The van der Waals surface area contributed by atoms with Gasteiger partial charge in [0.05, 0.1) is 11.6 Å². The van der Waals surface area contributed by atoms with Gasteiger partial charge in [0.2, 0.25) is 5.82 Å². The highest BCUT2D eigenvalue weighted by Crippen LogP contribution is 2.37. The number of halogens is 6. The van der Waals surface area contributed by atoms with Gasteiger partial charge in [-0.3, -0.25) is 4.90 Å². The summed E-state index contributed by atoms with van der Waals surface area (Å²) in [6, 6.07) is 5.07. The number of rotatable bonds is 3. The number of hydrogen-bond donors (Lipinski definition) is 0. The van der Waals surface area contributed by atoms with Crippen molar-refractivity contribution in [2.75, 3.05) is 13.1 Å². The van der Waals surface area contributed by atoms with Crippen LogP contribution in [0, 0.1) is 29.1 Å². The van der Waals surface area contributed by atoms with Crippen LogP contribution in [0.15, 0.2) is 24.3 Å². The van der Waals surface area contributed by atoms with Crippen LogP contribution in [0.4, 0.5) is 22.0 Å². The number of likely N-dealkylation sites (tertiary alicyclic amines) is 1. The summed E-state index contributed by atoms with van der Waals surface area (Å²) < 4.78 is 69.6. The Bertz CT molecular complexity index is 743. The van der Waals surface area contributed by atoms with Crippen molar-refractivity contribution in [2.24, 2.45) is 0 Å². The lowest BCUT2D eigenvalue weighted by Crippen LogP contribution is -2.35. The van der Waals surface area contributed by atoms with Crippen LogP contribution in [0.2, 0.25) is 5.02 Å². The van der Waals surface area contributed by atoms with Gasteiger partial charge in [0.15, 0.2) is 23.3 Å². The van der Waals surface area contributed by atoms with E-state index in [0.29, 0.717) is 23.7 Å². The maximum absolute atomic E-state index is 14.4. The topological polar surface area (TPSA) is 3.24 Å². The fraction of sp³-hybridized carbons (Fsp3) is 0.333. The van der Waals surface area contributed by atoms with Crippen LogP contribution in [0.25, 0.3) is 0 Å². The Kier molecular flexibility index (Phi) is 5.29. The van der Waals surface area contributed by atoms with E-state index in [4.69, 9.17) is 11.6 Å². The van der Waals surface area contributed by atoms with E-state index in [1.54, 1.807) is 17.0 Å². The summed E-state index contributed by atoms with van der Waals surface area (Å²) in [5, 5.41) is 0.415. The van der Waals surface area contributed by atoms with Gasteiger partial charge in [-0.15, -0.1) is 0 Å². The molecule has 1 aliphatic rings. The predicted octanol–water partition coefficient (Wildman–Crippen LogP) is 5.61. The normalized spacial score (nSPS) is 16.9. The standard InChI is InChI=1S/C18H15ClF5N/c19-11-6-4-10(5-7-11)18(25-8-2-1-3-9-25)12-13(20)15(22)17(24)16(23)14(12)21/h4-7,18H,1-3,8-9H2. The van der Waals surface area contributed by atoms with Crippen molar-refractivity contribution < 1.29 is 22.0 Å². The maximum atomic E-state index is 14.4. The summed E-state index contributed by atoms with van der Waals surface area (Å²) in [4.78, 5) is 1.74. The van der Waals surface area contributed by atoms with Crippen LogP contribution in [0.1, 0.15) is 36.4 Å². The Morgan fingerprint density at radius 1 is 0.720 bits per heavy atom. The van der Waals surface area contributed by atoms with Crippen molar-refractivity contribution in [3.8, 4) is 0 Å². The molecule has 0 amide bonds. The number of hydrogen-bond acceptors (Lipinski definition) is 1. The fourth-order valence-corrected chi connectivity index (χ4v) is 3.37. The second kappa shape index (κ2) is 7.30. The fourth-order valence-electron chi connectivity index (χ4n) is 3.24. The number of piperidine rings is 1. The summed E-state index contributed by atoms with van der Waals surface area (Å²) in [5.74, 6) is -9.58. The van der Waals surface area contributed by atoms with Crippen molar-refractivity contribution in [1.82, 2.24) is 4.90 Å². The van der Waals surface area contributed by atoms with Crippen molar-refractivity contribution in [2.45, 2.75) is 25.3 Å². The third kappa shape index (κ3) is 3.37. The van der Waals surface area contributed by atoms with Gasteiger partial charge in [-0.05, 0) is 43.6 Å². The molecule has 134 valence electrons. The summed E-state index contributed by atoms with van der Waals surface area (Å²) >= 11 is 5.85. The van der Waals surface area contributed by atoms with Crippen molar-refractivity contribution in [3.05, 3.63) is 69.5 Å². The molecule has 1 fully saturated rings. The molecule has 0 bridgehead atoms. The first-order valence-electron chi connectivity index (χ1n) is 7.92. The van der Waals surface area contributed by atoms with Gasteiger partial charge in [-0.25, -0.2) is 22.0 Å². The second-order valence-electron chi connectivity index (χ2n) is 6.03. The lowest BCUT2D eigenvalue weighted by molar-refractivity contribution is 0.178. The van der Waals surface area contributed by atoms with Crippen molar-refractivity contribution in [1.29, 1.82) is 0 Å². The molecule has 2 aromatic carbocycles. The van der Waals surface area contributed by atoms with E-state index in [0.717, 1.165) is 19.3 Å². The van der Waals surface area contributed by atoms with Gasteiger partial charge in [0, 0.05) is 5.02 Å². The highest BCUT2D eigenvalue weighted by molar-refractivity contribution is 6.30. The summed E-state index contributed by atoms with van der Waals surface area (Å²) in [6.45, 7) is 1.01. The molecule has 1 atom stereocenters. The molecule has 1 aliphatic heterocycles. The highest BCUT2D eigenvalue weighted by atomic mass is 35.5. The molecule has 1 heterocycles. The molecule has 1 nitrogen and oxygen atoms in total. The first-order valence-corrected chi connectivity index (χ1v) is 8.30. The Morgan fingerprint density at radius 3 is 1.72 bits per heavy atom. The average Bonchev–Trinajstić information content (AvgIpc) is 2.64. The van der Waals surface area contributed by atoms with Gasteiger partial charge in [-0.2, -0.15) is 0 Å². The van der Waals surface area contributed by atoms with Crippen LogP contribution in [-0.2, 0) is 0 Å². The van der Waals surface area contributed by atoms with E-state index in [1.807, 2.05) is 0 Å². The minimum Gasteiger partial charge on any atom is -0.292 e. The molecule has 0 aliphatic carbocycles. The monoisotopic (exact) mass is 375 g/mol. The molecule has 0 radical (unpaired) electrons. The lowest BCUT2D eigenvalue weighted by atomic mass is 9.93. The molecule has 1 saturated heterocycles. The Balaban J connectivity index is 2.20. The molecule has 1 unspecified atom stereocenters. The second-order valence-corrected chi connectivity index (χ2v) is 6.47. The van der Waals surface area contributed by atoms with E-state index in [-0.39, 0.29) is 0 Å². The average molecular weight is 376 g/mol. The number of benzene rings is 2. The summed E-state index contributed by atoms with van der Waals surface area (Å²) in [6.07, 6.45) is 2.54. The quantitative estimate of drug-likeness (QED) is 0.383. The molecule has 7 heteroatoms. The summed E-state index contributed by atoms with van der Waals surface area (Å²) in [5.41, 5.74) is -0.393. The van der Waals surface area contributed by atoms with Crippen LogP contribution in [-0.4, -0.2) is 18.0 Å². The minimum absolute atomic E-state index is 0.415. The third-order valence-corrected chi connectivity index (χ3v) is 4.71. The first kappa shape index (κ1) is 18.1. The molecule has 0 spiro atoms. The van der Waals surface area contributed by atoms with Crippen molar-refractivity contribution in [3.63, 3.8) is 0 Å². The van der Waals surface area contributed by atoms with Crippen LogP contribution in [0.5, 0.6) is 0 Å². The van der Waals surface area contributed by atoms with Gasteiger partial charge < -0.3 is 0 Å². The molecule has 0 N–H and O–H groups in total. The minimum atomic E-state index is -2.15. The van der Waals surface area contributed by atoms with E-state index in [9.17, 15) is 22.0 Å². The largest absolute Gasteiger partial charge is 0.292 e. The lowest BCUT2D eigenvalue weighted by Gasteiger charge is -2.35. The van der Waals surface area contributed by atoms with Crippen LogP contribution >= 0.6 is 11.6 Å². The molecular weight excluding hydrogens is 361 g/mol. The zero-order chi connectivity index (χ0) is 18.1. The Morgan fingerprint density at radius 2 is 1.20 bits per heavy atom. The molecular formula is C18H15ClF5N.